The van der Waals surface area contributed by atoms with Crippen LogP contribution in [0.3, 0.4) is 0 Å². The molecule has 0 bridgehead atoms. The molecule has 0 spiro atoms. The van der Waals surface area contributed by atoms with Crippen LogP contribution >= 0.6 is 0 Å². The van der Waals surface area contributed by atoms with Gasteiger partial charge in [-0.15, -0.1) is 0 Å². The molecule has 0 aromatic carbocycles. The number of hydrogen-bond acceptors (Lipinski definition) is 5. The number of anilines is 1. The van der Waals surface area contributed by atoms with Gasteiger partial charge in [-0.05, 0) is 45.7 Å². The molecule has 0 saturated carbocycles. The highest BCUT2D eigenvalue weighted by Crippen LogP contribution is 2.16. The van der Waals surface area contributed by atoms with Crippen LogP contribution in [0.1, 0.15) is 56.8 Å². The molecule has 1 aromatic rings. The lowest BCUT2D eigenvalue weighted by molar-refractivity contribution is -0.119. The minimum absolute atomic E-state index is 0.00918. The predicted octanol–water partition coefficient (Wildman–Crippen LogP) is 2.53. The lowest BCUT2D eigenvalue weighted by Gasteiger charge is -2.24. The van der Waals surface area contributed by atoms with Gasteiger partial charge in [-0.25, -0.2) is 9.78 Å². The van der Waals surface area contributed by atoms with Crippen LogP contribution in [0.25, 0.3) is 0 Å². The van der Waals surface area contributed by atoms with Crippen LogP contribution in [0.5, 0.6) is 0 Å². The van der Waals surface area contributed by atoms with Crippen molar-refractivity contribution in [3.8, 4) is 0 Å². The van der Waals surface area contributed by atoms with E-state index in [2.05, 4.69) is 10.3 Å². The summed E-state index contributed by atoms with van der Waals surface area (Å²) in [4.78, 5) is 30.3. The summed E-state index contributed by atoms with van der Waals surface area (Å²) in [6, 6.07) is 3.48. The number of aromatic nitrogens is 1. The second-order valence-corrected chi connectivity index (χ2v) is 7.09. The number of amides is 1. The first kappa shape index (κ1) is 18.2. The molecule has 0 unspecified atom stereocenters. The molecule has 1 N–H and O–H groups in total. The summed E-state index contributed by atoms with van der Waals surface area (Å²) in [5.41, 5.74) is -0.118. The van der Waals surface area contributed by atoms with Crippen molar-refractivity contribution in [3.63, 3.8) is 0 Å². The Hall–Kier alpha value is -2.11. The van der Waals surface area contributed by atoms with Gasteiger partial charge in [-0.1, -0.05) is 12.8 Å². The molecular formula is C18H27N3O3. The lowest BCUT2D eigenvalue weighted by Crippen LogP contribution is -2.39. The quantitative estimate of drug-likeness (QED) is 0.842. The smallest absolute Gasteiger partial charge is 0.340 e. The van der Waals surface area contributed by atoms with Crippen molar-refractivity contribution >= 4 is 17.7 Å². The molecule has 6 nitrogen and oxygen atoms in total. The highest BCUT2D eigenvalue weighted by Gasteiger charge is 2.19. The summed E-state index contributed by atoms with van der Waals surface area (Å²) < 4.78 is 5.34. The molecule has 1 amide bonds. The van der Waals surface area contributed by atoms with E-state index < -0.39 is 5.60 Å². The third-order valence-corrected chi connectivity index (χ3v) is 3.72. The molecule has 132 valence electrons. The maximum absolute atomic E-state index is 12.0. The Labute approximate surface area is 143 Å². The predicted molar refractivity (Wildman–Crippen MR) is 93.1 cm³/mol. The van der Waals surface area contributed by atoms with Gasteiger partial charge in [0.25, 0.3) is 0 Å². The zero-order chi connectivity index (χ0) is 17.6. The van der Waals surface area contributed by atoms with Gasteiger partial charge in [0.1, 0.15) is 11.4 Å². The Bertz CT molecular complexity index is 564. The number of nitrogens with one attached hydrogen (secondary N) is 1. The molecule has 24 heavy (non-hydrogen) atoms. The van der Waals surface area contributed by atoms with Crippen LogP contribution in [-0.4, -0.2) is 42.1 Å². The van der Waals surface area contributed by atoms with Gasteiger partial charge in [0.15, 0.2) is 0 Å². The van der Waals surface area contributed by atoms with E-state index in [-0.39, 0.29) is 11.9 Å². The van der Waals surface area contributed by atoms with Crippen molar-refractivity contribution < 1.29 is 14.3 Å². The Kier molecular flexibility index (Phi) is 6.17. The fourth-order valence-electron chi connectivity index (χ4n) is 2.54. The van der Waals surface area contributed by atoms with Crippen molar-refractivity contribution in [3.05, 3.63) is 23.9 Å². The summed E-state index contributed by atoms with van der Waals surface area (Å²) in [5, 5.41) is 2.92. The van der Waals surface area contributed by atoms with Gasteiger partial charge in [-0.2, -0.15) is 0 Å². The minimum atomic E-state index is -0.534. The van der Waals surface area contributed by atoms with Crippen molar-refractivity contribution in [2.24, 2.45) is 0 Å². The topological polar surface area (TPSA) is 71.5 Å². The number of esters is 1. The van der Waals surface area contributed by atoms with E-state index in [4.69, 9.17) is 4.74 Å². The van der Waals surface area contributed by atoms with Crippen LogP contribution in [0, 0.1) is 0 Å². The molecule has 1 fully saturated rings. The standard InChI is InChI=1S/C18H27N3O3/c1-18(2,3)24-17(23)14-8-9-15(20-12-14)21-11-7-5-4-6-10-19-16(22)13-21/h8-9,12H,4-7,10-11,13H2,1-3H3,(H,19,22). The van der Waals surface area contributed by atoms with Gasteiger partial charge in [-0.3, -0.25) is 4.79 Å². The Balaban J connectivity index is 2.06. The summed E-state index contributed by atoms with van der Waals surface area (Å²) in [7, 11) is 0. The first-order valence-corrected chi connectivity index (χ1v) is 8.56. The van der Waals surface area contributed by atoms with E-state index in [0.717, 1.165) is 38.8 Å². The van der Waals surface area contributed by atoms with E-state index in [0.29, 0.717) is 17.9 Å². The highest BCUT2D eigenvalue weighted by molar-refractivity contribution is 5.89. The zero-order valence-electron chi connectivity index (χ0n) is 14.8. The average Bonchev–Trinajstić information content (AvgIpc) is 2.52. The van der Waals surface area contributed by atoms with Crippen molar-refractivity contribution in [1.82, 2.24) is 10.3 Å². The van der Waals surface area contributed by atoms with Crippen LogP contribution in [0.15, 0.2) is 18.3 Å². The maximum atomic E-state index is 12.0. The maximum Gasteiger partial charge on any atom is 0.340 e. The van der Waals surface area contributed by atoms with Gasteiger partial charge in [0.05, 0.1) is 12.1 Å². The molecule has 1 aliphatic rings. The summed E-state index contributed by atoms with van der Waals surface area (Å²) in [5.74, 6) is 0.327. The van der Waals surface area contributed by atoms with Crippen molar-refractivity contribution in [2.45, 2.75) is 52.1 Å². The van der Waals surface area contributed by atoms with Gasteiger partial charge >= 0.3 is 5.97 Å². The highest BCUT2D eigenvalue weighted by atomic mass is 16.6. The molecule has 0 atom stereocenters. The average molecular weight is 333 g/mol. The largest absolute Gasteiger partial charge is 0.456 e. The lowest BCUT2D eigenvalue weighted by atomic mass is 10.1. The normalized spacial score (nSPS) is 17.1. The summed E-state index contributed by atoms with van der Waals surface area (Å²) in [6.07, 6.45) is 5.85. The number of pyridine rings is 1. The number of carbonyl (C=O) groups excluding carboxylic acids is 2. The molecule has 0 radical (unpaired) electrons. The fraction of sp³-hybridized carbons (Fsp3) is 0.611. The van der Waals surface area contributed by atoms with Crippen LogP contribution in [0.4, 0.5) is 5.82 Å². The molecule has 0 aliphatic carbocycles. The number of rotatable bonds is 2. The molecule has 2 heterocycles. The molecule has 1 aliphatic heterocycles. The number of nitrogens with zero attached hydrogens (tertiary/aromatic N) is 2. The van der Waals surface area contributed by atoms with Crippen LogP contribution in [-0.2, 0) is 9.53 Å². The molecule has 2 rings (SSSR count). The Morgan fingerprint density at radius 2 is 1.96 bits per heavy atom. The number of ether oxygens (including phenoxy) is 1. The van der Waals surface area contributed by atoms with Crippen LogP contribution < -0.4 is 10.2 Å². The SMILES string of the molecule is CC(C)(C)OC(=O)c1ccc(N2CCCCCCNC(=O)C2)nc1. The summed E-state index contributed by atoms with van der Waals surface area (Å²) >= 11 is 0. The molecule has 1 aromatic heterocycles. The van der Waals surface area contributed by atoms with Gasteiger partial charge in [0, 0.05) is 19.3 Å². The molecular weight excluding hydrogens is 306 g/mol. The van der Waals surface area contributed by atoms with Crippen LogP contribution in [0.2, 0.25) is 0 Å². The van der Waals surface area contributed by atoms with E-state index in [1.54, 1.807) is 12.1 Å². The first-order chi connectivity index (χ1) is 11.3. The third-order valence-electron chi connectivity index (χ3n) is 3.72. The third kappa shape index (κ3) is 5.83. The summed E-state index contributed by atoms with van der Waals surface area (Å²) in [6.45, 7) is 7.30. The number of carbonyl (C=O) groups is 2. The fourth-order valence-corrected chi connectivity index (χ4v) is 2.54. The van der Waals surface area contributed by atoms with Gasteiger partial charge in [0.2, 0.25) is 5.91 Å². The number of hydrogen-bond donors (Lipinski definition) is 1. The Morgan fingerprint density at radius 3 is 2.62 bits per heavy atom. The van der Waals surface area contributed by atoms with E-state index in [1.807, 2.05) is 25.7 Å². The first-order valence-electron chi connectivity index (χ1n) is 8.56. The van der Waals surface area contributed by atoms with E-state index in [1.165, 1.54) is 6.20 Å². The van der Waals surface area contributed by atoms with E-state index >= 15 is 0 Å². The second kappa shape index (κ2) is 8.13. The second-order valence-electron chi connectivity index (χ2n) is 7.09. The van der Waals surface area contributed by atoms with Crippen molar-refractivity contribution in [2.75, 3.05) is 24.5 Å². The zero-order valence-corrected chi connectivity index (χ0v) is 14.8. The Morgan fingerprint density at radius 1 is 1.21 bits per heavy atom. The van der Waals surface area contributed by atoms with Crippen molar-refractivity contribution in [1.29, 1.82) is 0 Å². The van der Waals surface area contributed by atoms with Gasteiger partial charge < -0.3 is 15.0 Å². The molecule has 6 heteroatoms. The monoisotopic (exact) mass is 333 g/mol. The molecule has 1 saturated heterocycles. The van der Waals surface area contributed by atoms with E-state index in [9.17, 15) is 9.59 Å². The minimum Gasteiger partial charge on any atom is -0.456 e.